The predicted molar refractivity (Wildman–Crippen MR) is 146 cm³/mol. The lowest BCUT2D eigenvalue weighted by Gasteiger charge is -2.47. The number of anilines is 1. The molecule has 0 spiro atoms. The highest BCUT2D eigenvalue weighted by atomic mass is 19.4. The third kappa shape index (κ3) is 4.65. The van der Waals surface area contributed by atoms with Gasteiger partial charge in [-0.3, -0.25) is 9.59 Å². The Hall–Kier alpha value is -4.21. The van der Waals surface area contributed by atoms with Gasteiger partial charge in [0.05, 0.1) is 31.7 Å². The molecular formula is C31H30F3N3O4. The molecule has 3 aromatic carbocycles. The van der Waals surface area contributed by atoms with Crippen molar-refractivity contribution < 1.29 is 32.2 Å². The standard InChI is InChI=1S/C31H30F3N3O4/c1-40-25-16-19-10-11-37-28(24(19)18-26(25)41-2)27(22-8-3-4-9-23(22)29(37)38)30(39)36-14-12-35(13-15-36)21-7-5-6-20(17-21)31(32,33)34/h3-9,16-18,27-28H,10-15H2,1-2H3. The lowest BCUT2D eigenvalue weighted by molar-refractivity contribution is -0.137. The van der Waals surface area contributed by atoms with Crippen molar-refractivity contribution in [3.05, 3.63) is 88.5 Å². The molecule has 3 aliphatic rings. The highest BCUT2D eigenvalue weighted by molar-refractivity contribution is 6.01. The van der Waals surface area contributed by atoms with Crippen LogP contribution in [0.5, 0.6) is 11.5 Å². The van der Waals surface area contributed by atoms with E-state index in [0.717, 1.165) is 23.3 Å². The van der Waals surface area contributed by atoms with Crippen molar-refractivity contribution in [3.63, 3.8) is 0 Å². The second-order valence-corrected chi connectivity index (χ2v) is 10.5. The highest BCUT2D eigenvalue weighted by Gasteiger charge is 2.48. The third-order valence-corrected chi connectivity index (χ3v) is 8.42. The number of hydrogen-bond donors (Lipinski definition) is 0. The van der Waals surface area contributed by atoms with E-state index in [2.05, 4.69) is 0 Å². The summed E-state index contributed by atoms with van der Waals surface area (Å²) in [5.74, 6) is 0.271. The first kappa shape index (κ1) is 27.0. The molecular weight excluding hydrogens is 535 g/mol. The number of amides is 2. The fourth-order valence-corrected chi connectivity index (χ4v) is 6.38. The summed E-state index contributed by atoms with van der Waals surface area (Å²) in [6.45, 7) is 1.97. The van der Waals surface area contributed by atoms with Gasteiger partial charge in [-0.1, -0.05) is 24.3 Å². The number of halogens is 3. The van der Waals surface area contributed by atoms with Gasteiger partial charge < -0.3 is 24.2 Å². The van der Waals surface area contributed by atoms with Gasteiger partial charge >= 0.3 is 6.18 Å². The van der Waals surface area contributed by atoms with Crippen molar-refractivity contribution in [1.82, 2.24) is 9.80 Å². The van der Waals surface area contributed by atoms with E-state index in [1.54, 1.807) is 42.2 Å². The number of piperazine rings is 1. The van der Waals surface area contributed by atoms with Crippen LogP contribution in [-0.4, -0.2) is 68.6 Å². The lowest BCUT2D eigenvalue weighted by Crippen LogP contribution is -2.54. The van der Waals surface area contributed by atoms with E-state index < -0.39 is 23.7 Å². The maximum atomic E-state index is 14.4. The van der Waals surface area contributed by atoms with Crippen LogP contribution in [0, 0.1) is 0 Å². The fraction of sp³-hybridized carbons (Fsp3) is 0.355. The summed E-state index contributed by atoms with van der Waals surface area (Å²) < 4.78 is 50.9. The first-order valence-electron chi connectivity index (χ1n) is 13.6. The number of rotatable bonds is 4. The minimum atomic E-state index is -4.42. The Kier molecular flexibility index (Phi) is 6.79. The predicted octanol–water partition coefficient (Wildman–Crippen LogP) is 4.91. The minimum absolute atomic E-state index is 0.105. The number of alkyl halides is 3. The van der Waals surface area contributed by atoms with E-state index in [1.165, 1.54) is 6.07 Å². The molecule has 7 nitrogen and oxygen atoms in total. The molecule has 1 fully saturated rings. The molecule has 0 bridgehead atoms. The number of nitrogens with zero attached hydrogens (tertiary/aromatic N) is 3. The number of fused-ring (bicyclic) bond motifs is 4. The fourth-order valence-electron chi connectivity index (χ4n) is 6.38. The number of methoxy groups -OCH3 is 2. The Morgan fingerprint density at radius 1 is 0.854 bits per heavy atom. The smallest absolute Gasteiger partial charge is 0.416 e. The Balaban J connectivity index is 1.33. The van der Waals surface area contributed by atoms with Gasteiger partial charge in [-0.2, -0.15) is 13.2 Å². The Morgan fingerprint density at radius 3 is 2.27 bits per heavy atom. The van der Waals surface area contributed by atoms with E-state index in [4.69, 9.17) is 9.47 Å². The molecule has 0 radical (unpaired) electrons. The van der Waals surface area contributed by atoms with Gasteiger partial charge in [0, 0.05) is 44.0 Å². The van der Waals surface area contributed by atoms with Crippen molar-refractivity contribution in [2.45, 2.75) is 24.6 Å². The number of ether oxygens (including phenoxy) is 2. The largest absolute Gasteiger partial charge is 0.493 e. The van der Waals surface area contributed by atoms with Crippen LogP contribution in [-0.2, 0) is 17.4 Å². The highest BCUT2D eigenvalue weighted by Crippen LogP contribution is 2.49. The summed E-state index contributed by atoms with van der Waals surface area (Å²) in [7, 11) is 3.13. The number of carbonyl (C=O) groups excluding carboxylic acids is 2. The molecule has 2 unspecified atom stereocenters. The van der Waals surface area contributed by atoms with Crippen LogP contribution in [0.25, 0.3) is 0 Å². The molecule has 0 N–H and O–H groups in total. The van der Waals surface area contributed by atoms with E-state index >= 15 is 0 Å². The van der Waals surface area contributed by atoms with Crippen LogP contribution in [0.15, 0.2) is 60.7 Å². The molecule has 0 saturated carbocycles. The molecule has 3 aromatic rings. The zero-order chi connectivity index (χ0) is 28.9. The zero-order valence-electron chi connectivity index (χ0n) is 22.8. The van der Waals surface area contributed by atoms with Crippen LogP contribution < -0.4 is 14.4 Å². The maximum absolute atomic E-state index is 14.4. The van der Waals surface area contributed by atoms with E-state index in [0.29, 0.717) is 67.5 Å². The zero-order valence-corrected chi connectivity index (χ0v) is 22.8. The molecule has 2 amide bonds. The monoisotopic (exact) mass is 565 g/mol. The Morgan fingerprint density at radius 2 is 1.56 bits per heavy atom. The first-order chi connectivity index (χ1) is 19.7. The molecule has 2 atom stereocenters. The molecule has 10 heteroatoms. The van der Waals surface area contributed by atoms with Crippen LogP contribution in [0.4, 0.5) is 18.9 Å². The molecule has 3 heterocycles. The second kappa shape index (κ2) is 10.3. The summed E-state index contributed by atoms with van der Waals surface area (Å²) >= 11 is 0. The Bertz CT molecular complexity index is 1500. The van der Waals surface area contributed by atoms with Crippen LogP contribution in [0.3, 0.4) is 0 Å². The number of carbonyl (C=O) groups is 2. The molecule has 1 saturated heterocycles. The Labute approximate surface area is 236 Å². The van der Waals surface area contributed by atoms with E-state index in [9.17, 15) is 22.8 Å². The molecule has 3 aliphatic heterocycles. The average Bonchev–Trinajstić information content (AvgIpc) is 3.00. The van der Waals surface area contributed by atoms with Gasteiger partial charge in [-0.25, -0.2) is 0 Å². The minimum Gasteiger partial charge on any atom is -0.493 e. The lowest BCUT2D eigenvalue weighted by atomic mass is 9.75. The van der Waals surface area contributed by atoms with Crippen LogP contribution in [0.2, 0.25) is 0 Å². The van der Waals surface area contributed by atoms with Crippen molar-refractivity contribution in [2.24, 2.45) is 0 Å². The summed E-state index contributed by atoms with van der Waals surface area (Å²) in [6, 6.07) is 15.8. The molecule has 214 valence electrons. The van der Waals surface area contributed by atoms with Gasteiger partial charge in [0.1, 0.15) is 0 Å². The van der Waals surface area contributed by atoms with Crippen molar-refractivity contribution in [3.8, 4) is 11.5 Å². The topological polar surface area (TPSA) is 62.3 Å². The summed E-state index contributed by atoms with van der Waals surface area (Å²) in [6.07, 6.45) is -3.80. The van der Waals surface area contributed by atoms with Gasteiger partial charge in [0.2, 0.25) is 5.91 Å². The van der Waals surface area contributed by atoms with Crippen molar-refractivity contribution >= 4 is 17.5 Å². The third-order valence-electron chi connectivity index (χ3n) is 8.42. The maximum Gasteiger partial charge on any atom is 0.416 e. The van der Waals surface area contributed by atoms with Gasteiger partial charge in [0.15, 0.2) is 11.5 Å². The molecule has 0 aromatic heterocycles. The van der Waals surface area contributed by atoms with E-state index in [-0.39, 0.29) is 11.8 Å². The van der Waals surface area contributed by atoms with Crippen LogP contribution in [0.1, 0.15) is 44.6 Å². The molecule has 41 heavy (non-hydrogen) atoms. The van der Waals surface area contributed by atoms with Crippen molar-refractivity contribution in [1.29, 1.82) is 0 Å². The quantitative estimate of drug-likeness (QED) is 0.450. The first-order valence-corrected chi connectivity index (χ1v) is 13.6. The van der Waals surface area contributed by atoms with E-state index in [1.807, 2.05) is 29.2 Å². The number of benzene rings is 3. The summed E-state index contributed by atoms with van der Waals surface area (Å²) in [4.78, 5) is 33.4. The van der Waals surface area contributed by atoms with Crippen LogP contribution >= 0.6 is 0 Å². The number of hydrogen-bond acceptors (Lipinski definition) is 5. The average molecular weight is 566 g/mol. The van der Waals surface area contributed by atoms with Crippen molar-refractivity contribution in [2.75, 3.05) is 51.8 Å². The summed E-state index contributed by atoms with van der Waals surface area (Å²) in [5, 5.41) is 0. The van der Waals surface area contributed by atoms with Gasteiger partial charge in [-0.15, -0.1) is 0 Å². The SMILES string of the molecule is COc1cc2c(cc1OC)C1C(C(=O)N3CCN(c4cccc(C(F)(F)F)c4)CC3)c3ccccc3C(=O)N1CC2. The normalized spacial score (nSPS) is 20.2. The van der Waals surface area contributed by atoms with Gasteiger partial charge in [-0.05, 0) is 59.5 Å². The summed E-state index contributed by atoms with van der Waals surface area (Å²) in [5.41, 5.74) is 2.86. The molecule has 6 rings (SSSR count). The van der Waals surface area contributed by atoms with Gasteiger partial charge in [0.25, 0.3) is 5.91 Å². The molecule has 0 aliphatic carbocycles. The second-order valence-electron chi connectivity index (χ2n) is 10.5.